The number of benzene rings is 2. The lowest BCUT2D eigenvalue weighted by molar-refractivity contribution is 0.101. The molecular formula is C28H36FN5O4. The Morgan fingerprint density at radius 1 is 1.18 bits per heavy atom. The number of amides is 2. The number of para-hydroxylation sites is 1. The number of carbonyl (C=O) groups excluding carboxylic acids is 1. The largest absolute Gasteiger partial charge is 0.474 e. The van der Waals surface area contributed by atoms with Gasteiger partial charge < -0.3 is 19.9 Å². The lowest BCUT2D eigenvalue weighted by Gasteiger charge is -2.21. The number of nitrogens with zero attached hydrogens (tertiary/aromatic N) is 3. The summed E-state index contributed by atoms with van der Waals surface area (Å²) in [5, 5.41) is 20.6. The van der Waals surface area contributed by atoms with E-state index in [0.29, 0.717) is 36.8 Å². The average Bonchev–Trinajstić information content (AvgIpc) is 3.47. The van der Waals surface area contributed by atoms with E-state index in [-0.39, 0.29) is 30.4 Å². The van der Waals surface area contributed by atoms with Crippen LogP contribution < -0.4 is 15.4 Å². The molecule has 1 aromatic heterocycles. The second-order valence-corrected chi connectivity index (χ2v) is 9.51. The molecule has 1 aliphatic rings. The van der Waals surface area contributed by atoms with Gasteiger partial charge in [0.2, 0.25) is 5.88 Å². The molecule has 0 aliphatic carbocycles. The molecule has 9 nitrogen and oxygen atoms in total. The number of carbonyl (C=O) groups is 1. The van der Waals surface area contributed by atoms with Crippen molar-refractivity contribution in [1.82, 2.24) is 20.0 Å². The van der Waals surface area contributed by atoms with Gasteiger partial charge in [-0.3, -0.25) is 10.2 Å². The van der Waals surface area contributed by atoms with Crippen molar-refractivity contribution in [1.29, 1.82) is 0 Å². The van der Waals surface area contributed by atoms with Crippen molar-refractivity contribution in [2.45, 2.75) is 38.3 Å². The van der Waals surface area contributed by atoms with Gasteiger partial charge in [0.15, 0.2) is 0 Å². The first-order valence-corrected chi connectivity index (χ1v) is 12.9. The third-order valence-corrected chi connectivity index (χ3v) is 6.82. The van der Waals surface area contributed by atoms with Crippen LogP contribution in [0.25, 0.3) is 5.69 Å². The molecule has 0 radical (unpaired) electrons. The maximum atomic E-state index is 13.6. The second kappa shape index (κ2) is 12.9. The first-order valence-electron chi connectivity index (χ1n) is 12.9. The summed E-state index contributed by atoms with van der Waals surface area (Å²) < 4.78 is 26.2. The lowest BCUT2D eigenvalue weighted by Crippen LogP contribution is -2.42. The SMILES string of the molecule is CCC(O)COc1nn(-c2ccccc2)c(NC(=O)NC2CN(CCOC)CC2c2ccc(F)cc2)c1C. The fourth-order valence-electron chi connectivity index (χ4n) is 4.60. The number of hydrogen-bond acceptors (Lipinski definition) is 6. The summed E-state index contributed by atoms with van der Waals surface area (Å²) in [6.45, 7) is 6.47. The van der Waals surface area contributed by atoms with Crippen molar-refractivity contribution in [2.24, 2.45) is 0 Å². The Kier molecular flexibility index (Phi) is 9.33. The van der Waals surface area contributed by atoms with E-state index in [0.717, 1.165) is 24.3 Å². The quantitative estimate of drug-likeness (QED) is 0.353. The van der Waals surface area contributed by atoms with Gasteiger partial charge in [0.25, 0.3) is 0 Å². The van der Waals surface area contributed by atoms with Gasteiger partial charge in [0.05, 0.1) is 30.0 Å². The molecule has 1 fully saturated rings. The molecule has 3 N–H and O–H groups in total. The molecule has 0 spiro atoms. The van der Waals surface area contributed by atoms with E-state index in [1.807, 2.05) is 44.2 Å². The average molecular weight is 526 g/mol. The smallest absolute Gasteiger partial charge is 0.320 e. The Hall–Kier alpha value is -3.47. The van der Waals surface area contributed by atoms with Gasteiger partial charge in [-0.05, 0) is 43.2 Å². The number of methoxy groups -OCH3 is 1. The van der Waals surface area contributed by atoms with Crippen molar-refractivity contribution < 1.29 is 23.8 Å². The van der Waals surface area contributed by atoms with Gasteiger partial charge in [-0.2, -0.15) is 0 Å². The Bertz CT molecular complexity index is 1190. The maximum Gasteiger partial charge on any atom is 0.320 e. The Morgan fingerprint density at radius 2 is 1.92 bits per heavy atom. The van der Waals surface area contributed by atoms with Crippen molar-refractivity contribution in [3.8, 4) is 11.6 Å². The van der Waals surface area contributed by atoms with Crippen molar-refractivity contribution in [3.63, 3.8) is 0 Å². The van der Waals surface area contributed by atoms with Crippen LogP contribution >= 0.6 is 0 Å². The fraction of sp³-hybridized carbons (Fsp3) is 0.429. The number of hydrogen-bond donors (Lipinski definition) is 3. The molecule has 2 amide bonds. The lowest BCUT2D eigenvalue weighted by atomic mass is 9.94. The van der Waals surface area contributed by atoms with Gasteiger partial charge in [0, 0.05) is 32.7 Å². The van der Waals surface area contributed by atoms with Crippen LogP contribution in [-0.2, 0) is 4.74 Å². The highest BCUT2D eigenvalue weighted by Gasteiger charge is 2.35. The summed E-state index contributed by atoms with van der Waals surface area (Å²) >= 11 is 0. The summed E-state index contributed by atoms with van der Waals surface area (Å²) in [4.78, 5) is 15.6. The van der Waals surface area contributed by atoms with Crippen molar-refractivity contribution in [3.05, 3.63) is 71.5 Å². The number of aliphatic hydroxyl groups excluding tert-OH is 1. The maximum absolute atomic E-state index is 13.6. The van der Waals surface area contributed by atoms with E-state index in [4.69, 9.17) is 9.47 Å². The molecule has 204 valence electrons. The highest BCUT2D eigenvalue weighted by molar-refractivity contribution is 5.90. The summed E-state index contributed by atoms with van der Waals surface area (Å²) in [6, 6.07) is 15.3. The van der Waals surface area contributed by atoms with Gasteiger partial charge in [-0.15, -0.1) is 5.10 Å². The number of nitrogens with one attached hydrogen (secondary N) is 2. The third-order valence-electron chi connectivity index (χ3n) is 6.82. The molecule has 0 bridgehead atoms. The molecule has 4 rings (SSSR count). The Balaban J connectivity index is 1.54. The normalized spacial score (nSPS) is 18.3. The Labute approximate surface area is 222 Å². The predicted molar refractivity (Wildman–Crippen MR) is 143 cm³/mol. The molecule has 38 heavy (non-hydrogen) atoms. The van der Waals surface area contributed by atoms with Crippen LogP contribution in [-0.4, -0.2) is 77.9 Å². The van der Waals surface area contributed by atoms with Gasteiger partial charge in [-0.1, -0.05) is 37.3 Å². The summed E-state index contributed by atoms with van der Waals surface area (Å²) in [5.41, 5.74) is 2.37. The molecular weight excluding hydrogens is 489 g/mol. The molecule has 2 heterocycles. The number of rotatable bonds is 11. The highest BCUT2D eigenvalue weighted by atomic mass is 19.1. The topological polar surface area (TPSA) is 101 Å². The van der Waals surface area contributed by atoms with E-state index in [2.05, 4.69) is 20.6 Å². The van der Waals surface area contributed by atoms with Crippen LogP contribution in [0.2, 0.25) is 0 Å². The van der Waals surface area contributed by atoms with Crippen LogP contribution in [0.1, 0.15) is 30.4 Å². The van der Waals surface area contributed by atoms with E-state index >= 15 is 0 Å². The zero-order valence-electron chi connectivity index (χ0n) is 22.1. The summed E-state index contributed by atoms with van der Waals surface area (Å²) in [7, 11) is 1.66. The van der Waals surface area contributed by atoms with Gasteiger partial charge in [-0.25, -0.2) is 13.9 Å². The molecule has 0 saturated carbocycles. The minimum absolute atomic E-state index is 0.00670. The first-order chi connectivity index (χ1) is 18.4. The van der Waals surface area contributed by atoms with Gasteiger partial charge in [0.1, 0.15) is 18.2 Å². The third kappa shape index (κ3) is 6.69. The number of likely N-dealkylation sites (tertiary alicyclic amines) is 1. The zero-order chi connectivity index (χ0) is 27.1. The molecule has 3 atom stereocenters. The minimum Gasteiger partial charge on any atom is -0.474 e. The van der Waals surface area contributed by atoms with Crippen LogP contribution in [0.4, 0.5) is 15.0 Å². The molecule has 1 saturated heterocycles. The van der Waals surface area contributed by atoms with E-state index < -0.39 is 6.10 Å². The van der Waals surface area contributed by atoms with Crippen LogP contribution in [0.15, 0.2) is 54.6 Å². The van der Waals surface area contributed by atoms with Crippen LogP contribution in [0, 0.1) is 12.7 Å². The summed E-state index contributed by atoms with van der Waals surface area (Å²) in [6.07, 6.45) is -0.0490. The first kappa shape index (κ1) is 27.6. The number of anilines is 1. The molecule has 2 aromatic carbocycles. The Morgan fingerprint density at radius 3 is 2.61 bits per heavy atom. The fourth-order valence-corrected chi connectivity index (χ4v) is 4.60. The molecule has 3 unspecified atom stereocenters. The van der Waals surface area contributed by atoms with Crippen LogP contribution in [0.5, 0.6) is 5.88 Å². The van der Waals surface area contributed by atoms with Crippen molar-refractivity contribution >= 4 is 11.8 Å². The van der Waals surface area contributed by atoms with Crippen molar-refractivity contribution in [2.75, 3.05) is 45.3 Å². The monoisotopic (exact) mass is 525 g/mol. The second-order valence-electron chi connectivity index (χ2n) is 9.51. The number of ether oxygens (including phenoxy) is 2. The van der Waals surface area contributed by atoms with E-state index in [1.54, 1.807) is 23.9 Å². The standard InChI is InChI=1S/C28H36FN5O4/c1-4-23(35)18-38-27-19(2)26(34(32-27)22-8-6-5-7-9-22)31-28(36)30-25-17-33(14-15-37-3)16-24(25)20-10-12-21(29)13-11-20/h5-13,23-25,35H,4,14-18H2,1-3H3,(H2,30,31,36). The zero-order valence-corrected chi connectivity index (χ0v) is 22.1. The molecule has 10 heteroatoms. The predicted octanol–water partition coefficient (Wildman–Crippen LogP) is 3.71. The number of urea groups is 1. The highest BCUT2D eigenvalue weighted by Crippen LogP contribution is 2.30. The van der Waals surface area contributed by atoms with Crippen LogP contribution in [0.3, 0.4) is 0 Å². The van der Waals surface area contributed by atoms with E-state index in [1.165, 1.54) is 12.1 Å². The number of halogens is 1. The molecule has 3 aromatic rings. The minimum atomic E-state index is -0.609. The van der Waals surface area contributed by atoms with Gasteiger partial charge >= 0.3 is 6.03 Å². The van der Waals surface area contributed by atoms with E-state index in [9.17, 15) is 14.3 Å². The number of aromatic nitrogens is 2. The number of aliphatic hydroxyl groups is 1. The molecule has 1 aliphatic heterocycles. The summed E-state index contributed by atoms with van der Waals surface area (Å²) in [5.74, 6) is 0.516.